The molecule has 1 aromatic rings. The molecule has 0 spiro atoms. The van der Waals surface area contributed by atoms with Crippen molar-refractivity contribution < 1.29 is 19.4 Å². The van der Waals surface area contributed by atoms with Crippen LogP contribution in [0.15, 0.2) is 10.9 Å². The van der Waals surface area contributed by atoms with E-state index >= 15 is 0 Å². The van der Waals surface area contributed by atoms with Gasteiger partial charge >= 0.3 is 5.97 Å². The summed E-state index contributed by atoms with van der Waals surface area (Å²) in [6, 6.07) is 1.68. The number of amides is 1. The summed E-state index contributed by atoms with van der Waals surface area (Å²) in [5, 5.41) is 12.2. The maximum atomic E-state index is 12.5. The van der Waals surface area contributed by atoms with Gasteiger partial charge in [-0.25, -0.2) is 0 Å². The highest BCUT2D eigenvalue weighted by atomic mass is 16.5. The molecule has 2 aliphatic rings. The molecular weight excluding hydrogens is 336 g/mol. The van der Waals surface area contributed by atoms with Crippen molar-refractivity contribution in [3.63, 3.8) is 0 Å². The predicted octanol–water partition coefficient (Wildman–Crippen LogP) is 1.50. The third kappa shape index (κ3) is 4.33. The molecular formula is C19H26N2O5. The standard InChI is InChI=1S/C19H26N2O5/c22-17(20-11-15(19(24)25)12-6-8-26-9-7-12)14-10-13-4-2-1-3-5-16(13)21-18(14)23/h10,12,15H,1-9,11H2,(H,20,22)(H,21,23)(H,24,25). The van der Waals surface area contributed by atoms with Gasteiger partial charge in [0.25, 0.3) is 11.5 Å². The summed E-state index contributed by atoms with van der Waals surface area (Å²) < 4.78 is 5.28. The van der Waals surface area contributed by atoms with Gasteiger partial charge in [-0.1, -0.05) is 6.42 Å². The number of nitrogens with one attached hydrogen (secondary N) is 2. The molecule has 1 aliphatic heterocycles. The van der Waals surface area contributed by atoms with E-state index in [9.17, 15) is 19.5 Å². The smallest absolute Gasteiger partial charge is 0.308 e. The fourth-order valence-electron chi connectivity index (χ4n) is 3.89. The molecule has 1 unspecified atom stereocenters. The molecule has 1 amide bonds. The van der Waals surface area contributed by atoms with Gasteiger partial charge in [0.15, 0.2) is 0 Å². The van der Waals surface area contributed by atoms with Gasteiger partial charge < -0.3 is 20.1 Å². The summed E-state index contributed by atoms with van der Waals surface area (Å²) in [6.45, 7) is 1.12. The average Bonchev–Trinajstić information content (AvgIpc) is 2.86. The van der Waals surface area contributed by atoms with Gasteiger partial charge in [-0.2, -0.15) is 0 Å². The van der Waals surface area contributed by atoms with Gasteiger partial charge in [-0.05, 0) is 56.1 Å². The van der Waals surface area contributed by atoms with E-state index in [1.54, 1.807) is 6.07 Å². The number of carbonyl (C=O) groups is 2. The Hall–Kier alpha value is -2.15. The van der Waals surface area contributed by atoms with E-state index in [0.717, 1.165) is 43.4 Å². The minimum absolute atomic E-state index is 0.0214. The van der Waals surface area contributed by atoms with Crippen LogP contribution in [0.4, 0.5) is 0 Å². The molecule has 3 rings (SSSR count). The van der Waals surface area contributed by atoms with Gasteiger partial charge in [0.05, 0.1) is 5.92 Å². The van der Waals surface area contributed by atoms with Crippen LogP contribution < -0.4 is 10.9 Å². The first kappa shape index (κ1) is 18.6. The molecule has 2 heterocycles. The Morgan fingerprint density at radius 3 is 2.69 bits per heavy atom. The minimum atomic E-state index is -0.923. The molecule has 0 bridgehead atoms. The van der Waals surface area contributed by atoms with Crippen molar-refractivity contribution in [2.45, 2.75) is 44.9 Å². The lowest BCUT2D eigenvalue weighted by atomic mass is 9.86. The molecule has 1 aliphatic carbocycles. The Morgan fingerprint density at radius 2 is 1.96 bits per heavy atom. The number of rotatable bonds is 5. The molecule has 7 nitrogen and oxygen atoms in total. The number of carboxylic acid groups (broad SMARTS) is 1. The van der Waals surface area contributed by atoms with Crippen molar-refractivity contribution in [2.24, 2.45) is 11.8 Å². The van der Waals surface area contributed by atoms with E-state index in [4.69, 9.17) is 4.74 Å². The van der Waals surface area contributed by atoms with Crippen molar-refractivity contribution in [3.8, 4) is 0 Å². The third-order valence-electron chi connectivity index (χ3n) is 5.47. The van der Waals surface area contributed by atoms with E-state index in [1.807, 2.05) is 0 Å². The number of carbonyl (C=O) groups excluding carboxylic acids is 1. The zero-order valence-electron chi connectivity index (χ0n) is 14.9. The van der Waals surface area contributed by atoms with Gasteiger partial charge in [-0.15, -0.1) is 0 Å². The van der Waals surface area contributed by atoms with Crippen LogP contribution in [0.2, 0.25) is 0 Å². The summed E-state index contributed by atoms with van der Waals surface area (Å²) in [4.78, 5) is 39.2. The first-order valence-corrected chi connectivity index (χ1v) is 9.40. The van der Waals surface area contributed by atoms with Crippen LogP contribution >= 0.6 is 0 Å². The number of aromatic amines is 1. The number of ether oxygens (including phenoxy) is 1. The summed E-state index contributed by atoms with van der Waals surface area (Å²) in [6.07, 6.45) is 6.23. The number of H-pyrrole nitrogens is 1. The predicted molar refractivity (Wildman–Crippen MR) is 95.3 cm³/mol. The van der Waals surface area contributed by atoms with E-state index < -0.39 is 23.4 Å². The largest absolute Gasteiger partial charge is 0.481 e. The maximum absolute atomic E-state index is 12.5. The molecule has 26 heavy (non-hydrogen) atoms. The molecule has 0 radical (unpaired) electrons. The Morgan fingerprint density at radius 1 is 1.23 bits per heavy atom. The Labute approximate surface area is 152 Å². The first-order valence-electron chi connectivity index (χ1n) is 9.40. The summed E-state index contributed by atoms with van der Waals surface area (Å²) in [7, 11) is 0. The van der Waals surface area contributed by atoms with E-state index in [2.05, 4.69) is 10.3 Å². The number of carboxylic acids is 1. The lowest BCUT2D eigenvalue weighted by Crippen LogP contribution is -2.40. The normalized spacial score (nSPS) is 19.2. The highest BCUT2D eigenvalue weighted by molar-refractivity contribution is 5.94. The third-order valence-corrected chi connectivity index (χ3v) is 5.47. The highest BCUT2D eigenvalue weighted by Crippen LogP contribution is 2.24. The molecule has 7 heteroatoms. The fourth-order valence-corrected chi connectivity index (χ4v) is 3.89. The van der Waals surface area contributed by atoms with Crippen molar-refractivity contribution >= 4 is 11.9 Å². The molecule has 1 fully saturated rings. The second-order valence-corrected chi connectivity index (χ2v) is 7.18. The lowest BCUT2D eigenvalue weighted by Gasteiger charge is -2.27. The zero-order valence-corrected chi connectivity index (χ0v) is 14.9. The van der Waals surface area contributed by atoms with Crippen LogP contribution in [0, 0.1) is 11.8 Å². The van der Waals surface area contributed by atoms with Crippen molar-refractivity contribution in [3.05, 3.63) is 33.2 Å². The zero-order chi connectivity index (χ0) is 18.5. The van der Waals surface area contributed by atoms with Crippen LogP contribution in [0.3, 0.4) is 0 Å². The number of fused-ring (bicyclic) bond motifs is 1. The van der Waals surface area contributed by atoms with Gasteiger partial charge in [0, 0.05) is 25.5 Å². The molecule has 0 aromatic carbocycles. The Kier molecular flexibility index (Phi) is 6.08. The SMILES string of the molecule is O=C(NCC(C(=O)O)C1CCOCC1)c1cc2c([nH]c1=O)CCCCC2. The lowest BCUT2D eigenvalue weighted by molar-refractivity contribution is -0.144. The van der Waals surface area contributed by atoms with E-state index in [0.29, 0.717) is 26.1 Å². The Bertz CT molecular complexity index is 721. The molecule has 1 saturated heterocycles. The molecule has 1 aromatic heterocycles. The first-order chi connectivity index (χ1) is 12.6. The molecule has 1 atom stereocenters. The van der Waals surface area contributed by atoms with Crippen molar-refractivity contribution in [2.75, 3.05) is 19.8 Å². The molecule has 0 saturated carbocycles. The van der Waals surface area contributed by atoms with Crippen LogP contribution in [0.25, 0.3) is 0 Å². The maximum Gasteiger partial charge on any atom is 0.308 e. The number of hydrogen-bond donors (Lipinski definition) is 3. The van der Waals surface area contributed by atoms with Gasteiger partial charge in [-0.3, -0.25) is 14.4 Å². The second-order valence-electron chi connectivity index (χ2n) is 7.18. The number of aryl methyl sites for hydroxylation is 2. The number of pyridine rings is 1. The van der Waals surface area contributed by atoms with Gasteiger partial charge in [0.2, 0.25) is 0 Å². The monoisotopic (exact) mass is 362 g/mol. The summed E-state index contributed by atoms with van der Waals surface area (Å²) in [5.74, 6) is -2.11. The summed E-state index contributed by atoms with van der Waals surface area (Å²) in [5.41, 5.74) is 1.61. The molecule has 142 valence electrons. The topological polar surface area (TPSA) is 108 Å². The number of aliphatic carboxylic acids is 1. The fraction of sp³-hybridized carbons (Fsp3) is 0.632. The second kappa shape index (κ2) is 8.49. The van der Waals surface area contributed by atoms with Crippen molar-refractivity contribution in [1.29, 1.82) is 0 Å². The van der Waals surface area contributed by atoms with Crippen LogP contribution in [-0.2, 0) is 22.4 Å². The van der Waals surface area contributed by atoms with Crippen LogP contribution in [0.5, 0.6) is 0 Å². The minimum Gasteiger partial charge on any atom is -0.481 e. The number of aromatic nitrogens is 1. The van der Waals surface area contributed by atoms with Gasteiger partial charge in [0.1, 0.15) is 5.56 Å². The summed E-state index contributed by atoms with van der Waals surface area (Å²) >= 11 is 0. The average molecular weight is 362 g/mol. The highest BCUT2D eigenvalue weighted by Gasteiger charge is 2.30. The van der Waals surface area contributed by atoms with Crippen molar-refractivity contribution in [1.82, 2.24) is 10.3 Å². The van der Waals surface area contributed by atoms with E-state index in [1.165, 1.54) is 0 Å². The quantitative estimate of drug-likeness (QED) is 0.688. The van der Waals surface area contributed by atoms with Crippen LogP contribution in [0.1, 0.15) is 53.7 Å². The Balaban J connectivity index is 1.70. The van der Waals surface area contributed by atoms with E-state index in [-0.39, 0.29) is 18.0 Å². The van der Waals surface area contributed by atoms with Crippen LogP contribution in [-0.4, -0.2) is 41.7 Å². The molecule has 3 N–H and O–H groups in total. The number of hydrogen-bond acceptors (Lipinski definition) is 4.